The topological polar surface area (TPSA) is 73.0 Å². The third kappa shape index (κ3) is 5.75. The molecule has 2 heterocycles. The third-order valence-corrected chi connectivity index (χ3v) is 7.44. The monoisotopic (exact) mass is 494 g/mol. The number of piperidine rings is 1. The number of carbonyl (C=O) groups excluding carboxylic acids is 3. The van der Waals surface area contributed by atoms with Crippen molar-refractivity contribution in [3.8, 4) is 0 Å². The molecule has 2 aromatic carbocycles. The molecule has 0 radical (unpaired) electrons. The second-order valence-electron chi connectivity index (χ2n) is 10.1. The summed E-state index contributed by atoms with van der Waals surface area (Å²) in [5, 5.41) is 3.10. The fourth-order valence-electron chi connectivity index (χ4n) is 5.29. The Labute approximate surface area is 212 Å². The Hall–Kier alpha value is -3.26. The summed E-state index contributed by atoms with van der Waals surface area (Å²) < 4.78 is 13.2. The number of nitrogens with one attached hydrogen (secondary N) is 1. The predicted molar refractivity (Wildman–Crippen MR) is 136 cm³/mol. The number of nitrogens with zero attached hydrogens (tertiary/aromatic N) is 3. The lowest BCUT2D eigenvalue weighted by Gasteiger charge is -2.41. The van der Waals surface area contributed by atoms with Crippen molar-refractivity contribution < 1.29 is 18.8 Å². The number of likely N-dealkylation sites (N-methyl/N-ethyl adjacent to an activating group) is 1. The summed E-state index contributed by atoms with van der Waals surface area (Å²) in [5.74, 6) is -0.540. The van der Waals surface area contributed by atoms with Gasteiger partial charge in [0.05, 0.1) is 6.42 Å². The van der Waals surface area contributed by atoms with E-state index in [1.807, 2.05) is 54.2 Å². The lowest BCUT2D eigenvalue weighted by atomic mass is 9.74. The number of imide groups is 1. The fraction of sp³-hybridized carbons (Fsp3) is 0.464. The zero-order chi connectivity index (χ0) is 25.7. The normalized spacial score (nSPS) is 20.8. The van der Waals surface area contributed by atoms with Gasteiger partial charge in [-0.1, -0.05) is 42.5 Å². The van der Waals surface area contributed by atoms with Crippen molar-refractivity contribution in [1.29, 1.82) is 0 Å². The van der Waals surface area contributed by atoms with Crippen molar-refractivity contribution in [3.63, 3.8) is 0 Å². The van der Waals surface area contributed by atoms with Crippen LogP contribution in [-0.2, 0) is 22.4 Å². The number of benzene rings is 2. The van der Waals surface area contributed by atoms with Crippen LogP contribution in [0.1, 0.15) is 30.4 Å². The molecule has 8 heteroatoms. The highest BCUT2D eigenvalue weighted by atomic mass is 19.1. The van der Waals surface area contributed by atoms with Gasteiger partial charge < -0.3 is 15.1 Å². The van der Waals surface area contributed by atoms with E-state index in [2.05, 4.69) is 5.32 Å². The van der Waals surface area contributed by atoms with E-state index in [4.69, 9.17) is 0 Å². The Balaban J connectivity index is 1.46. The molecule has 0 spiro atoms. The second-order valence-corrected chi connectivity index (χ2v) is 10.1. The van der Waals surface area contributed by atoms with Crippen molar-refractivity contribution in [2.24, 2.45) is 5.92 Å². The maximum Gasteiger partial charge on any atom is 0.325 e. The molecule has 2 fully saturated rings. The molecule has 0 aliphatic carbocycles. The summed E-state index contributed by atoms with van der Waals surface area (Å²) in [6.07, 6.45) is 2.69. The van der Waals surface area contributed by atoms with Crippen LogP contribution in [0.4, 0.5) is 9.18 Å². The summed E-state index contributed by atoms with van der Waals surface area (Å²) >= 11 is 0. The van der Waals surface area contributed by atoms with Crippen LogP contribution in [0.2, 0.25) is 0 Å². The highest BCUT2D eigenvalue weighted by Gasteiger charge is 2.55. The summed E-state index contributed by atoms with van der Waals surface area (Å²) in [6, 6.07) is 15.7. The minimum absolute atomic E-state index is 0.00668. The first-order chi connectivity index (χ1) is 17.3. The highest BCUT2D eigenvalue weighted by Crippen LogP contribution is 2.37. The second kappa shape index (κ2) is 11.2. The minimum Gasteiger partial charge on any atom is -0.342 e. The SMILES string of the molecule is CN(C)CCN1C(=O)NC(CCc2ccccc2)(C2CCN(C(=O)Cc3ccc(F)cc3)CC2)C1=O. The van der Waals surface area contributed by atoms with Gasteiger partial charge in [0, 0.05) is 26.2 Å². The van der Waals surface area contributed by atoms with Crippen LogP contribution in [0.5, 0.6) is 0 Å². The van der Waals surface area contributed by atoms with Crippen LogP contribution in [0.25, 0.3) is 0 Å². The van der Waals surface area contributed by atoms with Crippen molar-refractivity contribution in [2.75, 3.05) is 40.3 Å². The zero-order valence-electron chi connectivity index (χ0n) is 21.1. The van der Waals surface area contributed by atoms with E-state index >= 15 is 0 Å². The summed E-state index contributed by atoms with van der Waals surface area (Å²) in [5.41, 5.74) is 0.931. The van der Waals surface area contributed by atoms with E-state index in [-0.39, 0.29) is 36.0 Å². The molecule has 1 atom stereocenters. The van der Waals surface area contributed by atoms with Crippen molar-refractivity contribution in [1.82, 2.24) is 20.0 Å². The number of amides is 4. The Kier molecular flexibility index (Phi) is 8.04. The minimum atomic E-state index is -0.967. The molecule has 36 heavy (non-hydrogen) atoms. The maximum absolute atomic E-state index is 13.8. The van der Waals surface area contributed by atoms with Gasteiger partial charge in [-0.25, -0.2) is 9.18 Å². The third-order valence-electron chi connectivity index (χ3n) is 7.44. The zero-order valence-corrected chi connectivity index (χ0v) is 21.1. The van der Waals surface area contributed by atoms with Gasteiger partial charge in [-0.3, -0.25) is 14.5 Å². The predicted octanol–water partition coefficient (Wildman–Crippen LogP) is 3.09. The van der Waals surface area contributed by atoms with Gasteiger partial charge in [0.1, 0.15) is 11.4 Å². The first-order valence-corrected chi connectivity index (χ1v) is 12.6. The van der Waals surface area contributed by atoms with Gasteiger partial charge >= 0.3 is 6.03 Å². The summed E-state index contributed by atoms with van der Waals surface area (Å²) in [7, 11) is 3.83. The van der Waals surface area contributed by atoms with E-state index in [1.165, 1.54) is 17.0 Å². The number of carbonyl (C=O) groups is 3. The summed E-state index contributed by atoms with van der Waals surface area (Å²) in [6.45, 7) is 2.00. The molecule has 4 rings (SSSR count). The average Bonchev–Trinajstić information content (AvgIpc) is 3.13. The lowest BCUT2D eigenvalue weighted by Crippen LogP contribution is -2.57. The molecule has 2 aromatic rings. The van der Waals surface area contributed by atoms with Gasteiger partial charge in [0.25, 0.3) is 5.91 Å². The van der Waals surface area contributed by atoms with Crippen LogP contribution >= 0.6 is 0 Å². The quantitative estimate of drug-likeness (QED) is 0.544. The number of aryl methyl sites for hydroxylation is 1. The molecule has 1 unspecified atom stereocenters. The van der Waals surface area contributed by atoms with Gasteiger partial charge in [0.2, 0.25) is 5.91 Å². The number of hydrogen-bond donors (Lipinski definition) is 1. The molecule has 4 amide bonds. The standard InChI is InChI=1S/C28H35FN4O3/c1-31(2)18-19-33-26(35)28(30-27(33)36,15-12-21-6-4-3-5-7-21)23-13-16-32(17-14-23)25(34)20-22-8-10-24(29)11-9-22/h3-11,23H,12-20H2,1-2H3,(H,30,36). The highest BCUT2D eigenvalue weighted by molar-refractivity contribution is 6.07. The molecule has 192 valence electrons. The molecule has 2 saturated heterocycles. The summed E-state index contributed by atoms with van der Waals surface area (Å²) in [4.78, 5) is 44.7. The number of urea groups is 1. The Bertz CT molecular complexity index is 1070. The van der Waals surface area contributed by atoms with E-state index in [9.17, 15) is 18.8 Å². The molecule has 2 aliphatic heterocycles. The molecule has 1 N–H and O–H groups in total. The fourth-order valence-corrected chi connectivity index (χ4v) is 5.29. The first-order valence-electron chi connectivity index (χ1n) is 12.6. The average molecular weight is 495 g/mol. The number of hydrogen-bond acceptors (Lipinski definition) is 4. The maximum atomic E-state index is 13.8. The van der Waals surface area contributed by atoms with Crippen LogP contribution in [0, 0.1) is 11.7 Å². The van der Waals surface area contributed by atoms with Crippen LogP contribution in [0.15, 0.2) is 54.6 Å². The Morgan fingerprint density at radius 1 is 1.03 bits per heavy atom. The number of rotatable bonds is 9. The molecular formula is C28H35FN4O3. The van der Waals surface area contributed by atoms with E-state index in [0.29, 0.717) is 51.9 Å². The lowest BCUT2D eigenvalue weighted by molar-refractivity contribution is -0.136. The number of halogens is 1. The first kappa shape index (κ1) is 25.8. The largest absolute Gasteiger partial charge is 0.342 e. The van der Waals surface area contributed by atoms with E-state index in [1.54, 1.807) is 12.1 Å². The van der Waals surface area contributed by atoms with Crippen molar-refractivity contribution in [2.45, 2.75) is 37.6 Å². The Morgan fingerprint density at radius 2 is 1.69 bits per heavy atom. The number of likely N-dealkylation sites (tertiary alicyclic amines) is 1. The van der Waals surface area contributed by atoms with Gasteiger partial charge in [-0.2, -0.15) is 0 Å². The molecule has 0 aromatic heterocycles. The van der Waals surface area contributed by atoms with Crippen LogP contribution < -0.4 is 5.32 Å². The van der Waals surface area contributed by atoms with Crippen molar-refractivity contribution >= 4 is 17.8 Å². The Morgan fingerprint density at radius 3 is 2.33 bits per heavy atom. The molecule has 0 saturated carbocycles. The van der Waals surface area contributed by atoms with Gasteiger partial charge in [-0.05, 0) is 69.0 Å². The molecule has 7 nitrogen and oxygen atoms in total. The van der Waals surface area contributed by atoms with Gasteiger partial charge in [0.15, 0.2) is 0 Å². The van der Waals surface area contributed by atoms with Gasteiger partial charge in [-0.15, -0.1) is 0 Å². The van der Waals surface area contributed by atoms with Crippen LogP contribution in [-0.4, -0.2) is 78.4 Å². The smallest absolute Gasteiger partial charge is 0.325 e. The molecular weight excluding hydrogens is 459 g/mol. The van der Waals surface area contributed by atoms with E-state index < -0.39 is 5.54 Å². The molecule has 0 bridgehead atoms. The van der Waals surface area contributed by atoms with Crippen LogP contribution in [0.3, 0.4) is 0 Å². The van der Waals surface area contributed by atoms with E-state index in [0.717, 1.165) is 11.1 Å². The van der Waals surface area contributed by atoms with Crippen molar-refractivity contribution in [3.05, 3.63) is 71.5 Å². The molecule has 2 aliphatic rings.